The van der Waals surface area contributed by atoms with Crippen molar-refractivity contribution in [3.63, 3.8) is 0 Å². The summed E-state index contributed by atoms with van der Waals surface area (Å²) in [7, 11) is -4.37. The van der Waals surface area contributed by atoms with Crippen molar-refractivity contribution in [3.05, 3.63) is 39.8 Å². The van der Waals surface area contributed by atoms with Crippen LogP contribution in [-0.4, -0.2) is 48.0 Å². The second-order valence-electron chi connectivity index (χ2n) is 7.24. The molecule has 1 amide bonds. The van der Waals surface area contributed by atoms with Crippen LogP contribution in [0.3, 0.4) is 0 Å². The highest BCUT2D eigenvalue weighted by Crippen LogP contribution is 2.31. The Bertz CT molecular complexity index is 1190. The van der Waals surface area contributed by atoms with E-state index in [-0.39, 0.29) is 21.8 Å². The number of ether oxygens (including phenoxy) is 1. The van der Waals surface area contributed by atoms with Crippen molar-refractivity contribution >= 4 is 21.9 Å². The van der Waals surface area contributed by atoms with Crippen LogP contribution in [-0.2, 0) is 32.5 Å². The van der Waals surface area contributed by atoms with Gasteiger partial charge in [0, 0.05) is 5.56 Å². The van der Waals surface area contributed by atoms with Crippen molar-refractivity contribution in [3.8, 4) is 17.1 Å². The third kappa shape index (κ3) is 6.39. The molecule has 33 heavy (non-hydrogen) atoms. The average Bonchev–Trinajstić information content (AvgIpc) is 2.75. The normalized spacial score (nSPS) is 12.3. The number of H-pyrrole nitrogens is 1. The lowest BCUT2D eigenvalue weighted by molar-refractivity contribution is -0.140. The lowest BCUT2D eigenvalue weighted by Gasteiger charge is -2.16. The number of carbonyl (C=O) groups excluding carboxylic acids is 1. The zero-order chi connectivity index (χ0) is 24.8. The summed E-state index contributed by atoms with van der Waals surface area (Å²) in [5.41, 5.74) is 6.04. The summed E-state index contributed by atoms with van der Waals surface area (Å²) in [6.45, 7) is 5.94. The number of aliphatic carboxylic acids is 1. The maximum Gasteiger partial charge on any atom is 0.322 e. The van der Waals surface area contributed by atoms with Crippen LogP contribution >= 0.6 is 0 Å². The van der Waals surface area contributed by atoms with Crippen molar-refractivity contribution < 1.29 is 27.9 Å². The summed E-state index contributed by atoms with van der Waals surface area (Å²) < 4.78 is 33.4. The van der Waals surface area contributed by atoms with Gasteiger partial charge in [-0.3, -0.25) is 14.4 Å². The van der Waals surface area contributed by atoms with Crippen LogP contribution in [0.4, 0.5) is 0 Å². The Hall–Kier alpha value is -3.25. The lowest BCUT2D eigenvalue weighted by atomic mass is 10.1. The fourth-order valence-electron chi connectivity index (χ4n) is 3.16. The van der Waals surface area contributed by atoms with Gasteiger partial charge in [0.2, 0.25) is 15.9 Å². The molecule has 1 aromatic carbocycles. The van der Waals surface area contributed by atoms with E-state index in [1.165, 1.54) is 18.2 Å². The number of carboxylic acid groups (broad SMARTS) is 1. The van der Waals surface area contributed by atoms with E-state index in [0.29, 0.717) is 42.9 Å². The minimum absolute atomic E-state index is 0.129. The molecular formula is C21H28N4O7S. The van der Waals surface area contributed by atoms with Gasteiger partial charge >= 0.3 is 5.97 Å². The summed E-state index contributed by atoms with van der Waals surface area (Å²) in [4.78, 5) is 42.0. The van der Waals surface area contributed by atoms with Crippen molar-refractivity contribution in [2.75, 3.05) is 6.61 Å². The molecule has 0 aliphatic heterocycles. The maximum atomic E-state index is 12.9. The Morgan fingerprint density at radius 2 is 1.94 bits per heavy atom. The van der Waals surface area contributed by atoms with Gasteiger partial charge in [0.05, 0.1) is 29.2 Å². The highest BCUT2D eigenvalue weighted by atomic mass is 32.2. The van der Waals surface area contributed by atoms with Crippen LogP contribution in [0.15, 0.2) is 27.9 Å². The monoisotopic (exact) mass is 480 g/mol. The number of nitrogens with zero attached hydrogens (tertiary/aromatic N) is 1. The number of carbonyl (C=O) groups is 2. The summed E-state index contributed by atoms with van der Waals surface area (Å²) in [5, 5.41) is 9.24. The second kappa shape index (κ2) is 11.1. The zero-order valence-electron chi connectivity index (χ0n) is 18.7. The summed E-state index contributed by atoms with van der Waals surface area (Å²) in [6, 6.07) is 2.14. The molecule has 1 atom stereocenters. The minimum Gasteiger partial charge on any atom is -0.493 e. The fourth-order valence-corrected chi connectivity index (χ4v) is 4.38. The molecule has 1 aromatic heterocycles. The Labute approximate surface area is 191 Å². The van der Waals surface area contributed by atoms with Gasteiger partial charge in [-0.2, -0.15) is 4.72 Å². The predicted octanol–water partition coefficient (Wildman–Crippen LogP) is 0.957. The van der Waals surface area contributed by atoms with Gasteiger partial charge in [0.15, 0.2) is 0 Å². The van der Waals surface area contributed by atoms with E-state index in [9.17, 15) is 27.9 Å². The van der Waals surface area contributed by atoms with Gasteiger partial charge in [0.25, 0.3) is 5.56 Å². The number of hydrogen-bond acceptors (Lipinski definition) is 7. The Morgan fingerprint density at radius 3 is 2.48 bits per heavy atom. The predicted molar refractivity (Wildman–Crippen MR) is 120 cm³/mol. The zero-order valence-corrected chi connectivity index (χ0v) is 19.5. The molecule has 2 aromatic rings. The second-order valence-corrected chi connectivity index (χ2v) is 8.95. The number of amides is 1. The Balaban J connectivity index is 2.62. The molecular weight excluding hydrogens is 452 g/mol. The van der Waals surface area contributed by atoms with E-state index in [1.807, 2.05) is 25.5 Å². The molecule has 0 aliphatic carbocycles. The number of nitrogens with one attached hydrogen (secondary N) is 2. The first-order valence-electron chi connectivity index (χ1n) is 10.5. The molecule has 0 bridgehead atoms. The molecule has 1 unspecified atom stereocenters. The summed E-state index contributed by atoms with van der Waals surface area (Å²) >= 11 is 0. The van der Waals surface area contributed by atoms with Crippen molar-refractivity contribution in [1.29, 1.82) is 0 Å². The molecule has 0 fully saturated rings. The lowest BCUT2D eigenvalue weighted by Crippen LogP contribution is -2.43. The smallest absolute Gasteiger partial charge is 0.322 e. The van der Waals surface area contributed by atoms with E-state index in [0.717, 1.165) is 0 Å². The molecule has 0 saturated carbocycles. The number of primary amides is 1. The van der Waals surface area contributed by atoms with Crippen molar-refractivity contribution in [1.82, 2.24) is 14.7 Å². The molecule has 0 spiro atoms. The SMILES string of the molecule is CCCOc1ccc(S(=O)(=O)NC(CC(N)=O)C(=O)O)cc1-c1nc(CC)c(CC)c(=O)[nH]1. The van der Waals surface area contributed by atoms with Crippen LogP contribution in [0, 0.1) is 0 Å². The van der Waals surface area contributed by atoms with Gasteiger partial charge in [0.1, 0.15) is 17.6 Å². The van der Waals surface area contributed by atoms with Crippen LogP contribution in [0.1, 0.15) is 44.9 Å². The van der Waals surface area contributed by atoms with Crippen LogP contribution < -0.4 is 20.8 Å². The van der Waals surface area contributed by atoms with Gasteiger partial charge in [-0.1, -0.05) is 20.8 Å². The van der Waals surface area contributed by atoms with Gasteiger partial charge in [-0.15, -0.1) is 0 Å². The van der Waals surface area contributed by atoms with Crippen LogP contribution in [0.25, 0.3) is 11.4 Å². The molecule has 1 heterocycles. The minimum atomic E-state index is -4.37. The Morgan fingerprint density at radius 1 is 1.24 bits per heavy atom. The number of aromatic amines is 1. The molecule has 5 N–H and O–H groups in total. The number of benzene rings is 1. The van der Waals surface area contributed by atoms with E-state index < -0.39 is 34.4 Å². The third-order valence-electron chi connectivity index (χ3n) is 4.77. The third-order valence-corrected chi connectivity index (χ3v) is 6.24. The summed E-state index contributed by atoms with van der Waals surface area (Å²) in [6.07, 6.45) is 0.956. The number of sulfonamides is 1. The largest absolute Gasteiger partial charge is 0.493 e. The van der Waals surface area contributed by atoms with Gasteiger partial charge < -0.3 is 20.6 Å². The van der Waals surface area contributed by atoms with E-state index >= 15 is 0 Å². The fraction of sp³-hybridized carbons (Fsp3) is 0.429. The highest BCUT2D eigenvalue weighted by Gasteiger charge is 2.28. The number of aryl methyl sites for hydroxylation is 1. The van der Waals surface area contributed by atoms with Crippen LogP contribution in [0.5, 0.6) is 5.75 Å². The first-order chi connectivity index (χ1) is 15.5. The molecule has 2 rings (SSSR count). The molecule has 0 aliphatic rings. The van der Waals surface area contributed by atoms with E-state index in [1.54, 1.807) is 0 Å². The van der Waals surface area contributed by atoms with Crippen LogP contribution in [0.2, 0.25) is 0 Å². The molecule has 0 saturated heterocycles. The summed E-state index contributed by atoms with van der Waals surface area (Å²) in [5.74, 6) is -2.09. The molecule has 12 heteroatoms. The first kappa shape index (κ1) is 26.0. The average molecular weight is 481 g/mol. The molecule has 0 radical (unpaired) electrons. The Kier molecular flexibility index (Phi) is 8.71. The van der Waals surface area contributed by atoms with Gasteiger partial charge in [-0.25, -0.2) is 13.4 Å². The number of nitrogens with two attached hydrogens (primary N) is 1. The molecule has 180 valence electrons. The maximum absolute atomic E-state index is 12.9. The molecule has 11 nitrogen and oxygen atoms in total. The van der Waals surface area contributed by atoms with E-state index in [2.05, 4.69) is 9.97 Å². The quantitative estimate of drug-likeness (QED) is 0.346. The van der Waals surface area contributed by atoms with E-state index in [4.69, 9.17) is 10.5 Å². The standard InChI is InChI=1S/C21H28N4O7S/c1-4-9-32-17-8-7-12(33(30,31)25-16(21(28)29)11-18(22)26)10-14(17)19-23-15(6-3)13(5-2)20(27)24-19/h7-8,10,16,25H,4-6,9,11H2,1-3H3,(H2,22,26)(H,28,29)(H,23,24,27). The van der Waals surface area contributed by atoms with Crippen molar-refractivity contribution in [2.24, 2.45) is 5.73 Å². The van der Waals surface area contributed by atoms with Gasteiger partial charge in [-0.05, 0) is 37.5 Å². The highest BCUT2D eigenvalue weighted by molar-refractivity contribution is 7.89. The topological polar surface area (TPSA) is 182 Å². The number of hydrogen-bond donors (Lipinski definition) is 4. The van der Waals surface area contributed by atoms with Crippen molar-refractivity contribution in [2.45, 2.75) is 57.4 Å². The number of carboxylic acids is 1. The number of rotatable bonds is 12. The number of aromatic nitrogens is 2. The first-order valence-corrected chi connectivity index (χ1v) is 11.9.